The van der Waals surface area contributed by atoms with E-state index in [0.29, 0.717) is 0 Å². The Morgan fingerprint density at radius 2 is 2.05 bits per heavy atom. The minimum Gasteiger partial charge on any atom is -0.387 e. The number of hydrogen-bond donors (Lipinski definition) is 2. The minimum absolute atomic E-state index is 0.974. The first-order chi connectivity index (χ1) is 9.26. The van der Waals surface area contributed by atoms with Crippen molar-refractivity contribution in [2.75, 3.05) is 17.7 Å². The Balaban J connectivity index is 1.86. The second kappa shape index (κ2) is 5.10. The van der Waals surface area contributed by atoms with Crippen molar-refractivity contribution in [3.63, 3.8) is 0 Å². The molecule has 3 heteroatoms. The van der Waals surface area contributed by atoms with Crippen LogP contribution in [0.5, 0.6) is 0 Å². The van der Waals surface area contributed by atoms with Gasteiger partial charge in [-0.1, -0.05) is 24.3 Å². The number of halogens is 1. The van der Waals surface area contributed by atoms with E-state index in [4.69, 9.17) is 0 Å². The highest BCUT2D eigenvalue weighted by Crippen LogP contribution is 2.30. The Morgan fingerprint density at radius 1 is 1.21 bits per heavy atom. The van der Waals surface area contributed by atoms with Crippen molar-refractivity contribution in [1.82, 2.24) is 0 Å². The number of allylic oxidation sites excluding steroid dienone is 1. The van der Waals surface area contributed by atoms with Crippen molar-refractivity contribution in [2.24, 2.45) is 0 Å². The molecule has 0 saturated heterocycles. The Kier molecular flexibility index (Phi) is 3.30. The molecule has 19 heavy (non-hydrogen) atoms. The molecule has 0 spiro atoms. The third kappa shape index (κ3) is 2.51. The van der Waals surface area contributed by atoms with E-state index in [-0.39, 0.29) is 0 Å². The maximum absolute atomic E-state index is 3.57. The summed E-state index contributed by atoms with van der Waals surface area (Å²) in [6.07, 6.45) is 3.17. The van der Waals surface area contributed by atoms with Gasteiger partial charge in [0.15, 0.2) is 0 Å². The van der Waals surface area contributed by atoms with Crippen LogP contribution in [0, 0.1) is 0 Å². The van der Waals surface area contributed by atoms with Crippen molar-refractivity contribution < 1.29 is 0 Å². The summed E-state index contributed by atoms with van der Waals surface area (Å²) in [5.41, 5.74) is 6.12. The molecule has 3 rings (SSSR count). The van der Waals surface area contributed by atoms with Crippen LogP contribution in [0.3, 0.4) is 0 Å². The van der Waals surface area contributed by atoms with Gasteiger partial charge in [-0.15, -0.1) is 0 Å². The molecule has 2 nitrogen and oxygen atoms in total. The Hall–Kier alpha value is -1.74. The molecular weight excluding hydrogens is 300 g/mol. The summed E-state index contributed by atoms with van der Waals surface area (Å²) in [5, 5.41) is 6.61. The molecule has 1 heterocycles. The summed E-state index contributed by atoms with van der Waals surface area (Å²) >= 11 is 3.57. The van der Waals surface area contributed by atoms with E-state index in [1.807, 2.05) is 7.05 Å². The van der Waals surface area contributed by atoms with Crippen LogP contribution >= 0.6 is 15.9 Å². The molecule has 0 radical (unpaired) electrons. The number of rotatable bonds is 2. The highest BCUT2D eigenvalue weighted by atomic mass is 79.9. The van der Waals surface area contributed by atoms with Crippen LogP contribution in [0.15, 0.2) is 52.6 Å². The lowest BCUT2D eigenvalue weighted by molar-refractivity contribution is 1.26. The van der Waals surface area contributed by atoms with Gasteiger partial charge >= 0.3 is 0 Å². The van der Waals surface area contributed by atoms with Crippen molar-refractivity contribution in [3.05, 3.63) is 63.8 Å². The SMILES string of the molecule is CNc1ccc(C=C2Cc3ccccc3N2)cc1Br. The van der Waals surface area contributed by atoms with Gasteiger partial charge in [-0.3, -0.25) is 0 Å². The molecule has 0 aromatic heterocycles. The van der Waals surface area contributed by atoms with Crippen LogP contribution in [0.25, 0.3) is 6.08 Å². The summed E-state index contributed by atoms with van der Waals surface area (Å²) in [5.74, 6) is 0. The molecule has 0 atom stereocenters. The van der Waals surface area contributed by atoms with Gasteiger partial charge in [-0.05, 0) is 51.3 Å². The highest BCUT2D eigenvalue weighted by Gasteiger charge is 2.13. The number of para-hydroxylation sites is 1. The predicted octanol–water partition coefficient (Wildman–Crippen LogP) is 4.50. The molecule has 1 aliphatic heterocycles. The largest absolute Gasteiger partial charge is 0.387 e. The maximum atomic E-state index is 3.57. The molecule has 0 bridgehead atoms. The first kappa shape index (κ1) is 12.3. The molecular formula is C16H15BrN2. The standard InChI is InChI=1S/C16H15BrN2/c1-18-16-7-6-11(9-14(16)17)8-13-10-12-4-2-3-5-15(12)19-13/h2-9,18-19H,10H2,1H3. The molecule has 96 valence electrons. The summed E-state index contributed by atoms with van der Waals surface area (Å²) in [6.45, 7) is 0. The van der Waals surface area contributed by atoms with Crippen molar-refractivity contribution in [1.29, 1.82) is 0 Å². The predicted molar refractivity (Wildman–Crippen MR) is 85.4 cm³/mol. The second-order valence-corrected chi connectivity index (χ2v) is 5.47. The first-order valence-electron chi connectivity index (χ1n) is 6.29. The summed E-state index contributed by atoms with van der Waals surface area (Å²) in [6, 6.07) is 14.8. The lowest BCUT2D eigenvalue weighted by Gasteiger charge is -2.05. The van der Waals surface area contributed by atoms with E-state index in [1.165, 1.54) is 22.5 Å². The molecule has 0 saturated carbocycles. The van der Waals surface area contributed by atoms with Gasteiger partial charge in [0.2, 0.25) is 0 Å². The fraction of sp³-hybridized carbons (Fsp3) is 0.125. The molecule has 2 N–H and O–H groups in total. The van der Waals surface area contributed by atoms with Gasteiger partial charge in [0.05, 0.1) is 0 Å². The smallest absolute Gasteiger partial charge is 0.0482 e. The zero-order chi connectivity index (χ0) is 13.2. The highest BCUT2D eigenvalue weighted by molar-refractivity contribution is 9.10. The van der Waals surface area contributed by atoms with E-state index in [9.17, 15) is 0 Å². The van der Waals surface area contributed by atoms with Crippen LogP contribution in [0.4, 0.5) is 11.4 Å². The fourth-order valence-corrected chi connectivity index (χ4v) is 2.93. The molecule has 0 amide bonds. The third-order valence-corrected chi connectivity index (χ3v) is 3.95. The van der Waals surface area contributed by atoms with E-state index in [1.54, 1.807) is 0 Å². The number of fused-ring (bicyclic) bond motifs is 1. The van der Waals surface area contributed by atoms with E-state index in [0.717, 1.165) is 16.6 Å². The van der Waals surface area contributed by atoms with E-state index < -0.39 is 0 Å². The second-order valence-electron chi connectivity index (χ2n) is 4.62. The van der Waals surface area contributed by atoms with Gasteiger partial charge in [-0.2, -0.15) is 0 Å². The van der Waals surface area contributed by atoms with Gasteiger partial charge in [0.25, 0.3) is 0 Å². The van der Waals surface area contributed by atoms with Crippen LogP contribution < -0.4 is 10.6 Å². The van der Waals surface area contributed by atoms with Crippen LogP contribution in [-0.4, -0.2) is 7.05 Å². The summed E-state index contributed by atoms with van der Waals surface area (Å²) in [7, 11) is 1.92. The van der Waals surface area contributed by atoms with Gasteiger partial charge in [0.1, 0.15) is 0 Å². The quantitative estimate of drug-likeness (QED) is 0.852. The van der Waals surface area contributed by atoms with Crippen molar-refractivity contribution in [2.45, 2.75) is 6.42 Å². The first-order valence-corrected chi connectivity index (χ1v) is 7.08. The molecule has 0 aliphatic carbocycles. The number of nitrogens with one attached hydrogen (secondary N) is 2. The Bertz CT molecular complexity index is 620. The van der Waals surface area contributed by atoms with Crippen molar-refractivity contribution >= 4 is 33.4 Å². The van der Waals surface area contributed by atoms with E-state index >= 15 is 0 Å². The Morgan fingerprint density at radius 3 is 2.79 bits per heavy atom. The van der Waals surface area contributed by atoms with E-state index in [2.05, 4.69) is 75.1 Å². The minimum atomic E-state index is 0.974. The lowest BCUT2D eigenvalue weighted by Crippen LogP contribution is -1.92. The zero-order valence-corrected chi connectivity index (χ0v) is 12.3. The topological polar surface area (TPSA) is 24.1 Å². The summed E-state index contributed by atoms with van der Waals surface area (Å²) < 4.78 is 1.08. The Labute approximate surface area is 121 Å². The van der Waals surface area contributed by atoms with Gasteiger partial charge in [-0.25, -0.2) is 0 Å². The zero-order valence-electron chi connectivity index (χ0n) is 10.7. The normalized spacial score (nSPS) is 15.2. The van der Waals surface area contributed by atoms with Crippen LogP contribution in [0.2, 0.25) is 0 Å². The van der Waals surface area contributed by atoms with Crippen LogP contribution in [-0.2, 0) is 6.42 Å². The molecule has 2 aromatic carbocycles. The van der Waals surface area contributed by atoms with Crippen LogP contribution in [0.1, 0.15) is 11.1 Å². The van der Waals surface area contributed by atoms with Crippen molar-refractivity contribution in [3.8, 4) is 0 Å². The maximum Gasteiger partial charge on any atom is 0.0482 e. The number of anilines is 2. The molecule has 1 aliphatic rings. The monoisotopic (exact) mass is 314 g/mol. The van der Waals surface area contributed by atoms with Gasteiger partial charge in [0, 0.05) is 35.0 Å². The van der Waals surface area contributed by atoms with Gasteiger partial charge < -0.3 is 10.6 Å². The average Bonchev–Trinajstić information content (AvgIpc) is 2.81. The fourth-order valence-electron chi connectivity index (χ4n) is 2.33. The molecule has 0 fully saturated rings. The number of hydrogen-bond acceptors (Lipinski definition) is 2. The summed E-state index contributed by atoms with van der Waals surface area (Å²) in [4.78, 5) is 0. The molecule has 0 unspecified atom stereocenters. The number of benzene rings is 2. The third-order valence-electron chi connectivity index (χ3n) is 3.30. The molecule has 2 aromatic rings. The average molecular weight is 315 g/mol. The lowest BCUT2D eigenvalue weighted by atomic mass is 10.1.